The van der Waals surface area contributed by atoms with E-state index < -0.39 is 5.54 Å². The van der Waals surface area contributed by atoms with E-state index in [1.165, 1.54) is 0 Å². The van der Waals surface area contributed by atoms with Crippen molar-refractivity contribution in [2.45, 2.75) is 83.2 Å². The lowest BCUT2D eigenvalue weighted by molar-refractivity contribution is -0.140. The van der Waals surface area contributed by atoms with E-state index in [9.17, 15) is 4.79 Å². The number of ether oxygens (including phenoxy) is 1. The molecule has 2 rings (SSSR count). The summed E-state index contributed by atoms with van der Waals surface area (Å²) in [4.78, 5) is 14.3. The molecule has 5 nitrogen and oxygen atoms in total. The maximum absolute atomic E-state index is 11.9. The highest BCUT2D eigenvalue weighted by Crippen LogP contribution is 2.28. The molecule has 0 aromatic heterocycles. The first-order valence-corrected chi connectivity index (χ1v) is 8.11. The average molecular weight is 297 g/mol. The van der Waals surface area contributed by atoms with Crippen LogP contribution in [0.5, 0.6) is 0 Å². The Balaban J connectivity index is 2.00. The molecular formula is C16H31N3O2. The van der Waals surface area contributed by atoms with Gasteiger partial charge in [0.1, 0.15) is 0 Å². The van der Waals surface area contributed by atoms with Gasteiger partial charge in [0.05, 0.1) is 17.2 Å². The van der Waals surface area contributed by atoms with Crippen molar-refractivity contribution in [1.29, 1.82) is 0 Å². The Morgan fingerprint density at radius 3 is 2.62 bits per heavy atom. The molecule has 21 heavy (non-hydrogen) atoms. The van der Waals surface area contributed by atoms with E-state index >= 15 is 0 Å². The van der Waals surface area contributed by atoms with Gasteiger partial charge in [-0.15, -0.1) is 0 Å². The van der Waals surface area contributed by atoms with Crippen LogP contribution in [0.15, 0.2) is 0 Å². The number of carbonyl (C=O) groups excluding carboxylic acids is 1. The van der Waals surface area contributed by atoms with Crippen LogP contribution in [0.1, 0.15) is 53.9 Å². The summed E-state index contributed by atoms with van der Waals surface area (Å²) in [5.74, 6) is -0.248. The van der Waals surface area contributed by atoms with Gasteiger partial charge in [-0.3, -0.25) is 9.69 Å². The maximum atomic E-state index is 11.9. The minimum Gasteiger partial charge on any atom is -0.370 e. The highest BCUT2D eigenvalue weighted by molar-refractivity contribution is 5.84. The van der Waals surface area contributed by atoms with Gasteiger partial charge in [-0.05, 0) is 53.9 Å². The van der Waals surface area contributed by atoms with Crippen molar-refractivity contribution >= 4 is 5.91 Å². The van der Waals surface area contributed by atoms with Crippen molar-refractivity contribution in [3.05, 3.63) is 0 Å². The third kappa shape index (κ3) is 4.41. The second-order valence-corrected chi connectivity index (χ2v) is 7.79. The maximum Gasteiger partial charge on any atom is 0.237 e. The molecule has 1 amide bonds. The van der Waals surface area contributed by atoms with Gasteiger partial charge in [-0.2, -0.15) is 0 Å². The zero-order chi connectivity index (χ0) is 15.8. The van der Waals surface area contributed by atoms with E-state index in [1.807, 2.05) is 6.92 Å². The quantitative estimate of drug-likeness (QED) is 0.774. The first kappa shape index (κ1) is 16.7. The first-order valence-electron chi connectivity index (χ1n) is 8.11. The Bertz CT molecular complexity index is 395. The number of rotatable bonds is 6. The lowest BCUT2D eigenvalue weighted by Crippen LogP contribution is -2.60. The zero-order valence-corrected chi connectivity index (χ0v) is 14.1. The summed E-state index contributed by atoms with van der Waals surface area (Å²) >= 11 is 0. The molecule has 0 bridgehead atoms. The third-order valence-electron chi connectivity index (χ3n) is 4.57. The van der Waals surface area contributed by atoms with E-state index in [2.05, 4.69) is 37.9 Å². The van der Waals surface area contributed by atoms with E-state index in [0.29, 0.717) is 12.1 Å². The van der Waals surface area contributed by atoms with Crippen LogP contribution in [0.3, 0.4) is 0 Å². The molecule has 3 N–H and O–H groups in total. The Kier molecular flexibility index (Phi) is 4.66. The summed E-state index contributed by atoms with van der Waals surface area (Å²) in [6.45, 7) is 12.3. The SMILES string of the molecule is CC1CN(C(C)CC(C)(NC2CC2)C(N)=O)CC(C)(C)O1. The molecule has 1 saturated carbocycles. The van der Waals surface area contributed by atoms with Crippen LogP contribution in [0, 0.1) is 0 Å². The second kappa shape index (κ2) is 5.86. The van der Waals surface area contributed by atoms with Crippen LogP contribution in [-0.2, 0) is 9.53 Å². The molecule has 1 aliphatic heterocycles. The van der Waals surface area contributed by atoms with E-state index in [-0.39, 0.29) is 17.6 Å². The monoisotopic (exact) mass is 297 g/mol. The molecule has 2 fully saturated rings. The van der Waals surface area contributed by atoms with E-state index in [4.69, 9.17) is 10.5 Å². The van der Waals surface area contributed by atoms with E-state index in [1.54, 1.807) is 0 Å². The fraction of sp³-hybridized carbons (Fsp3) is 0.938. The Hall–Kier alpha value is -0.650. The van der Waals surface area contributed by atoms with Crippen molar-refractivity contribution in [3.8, 4) is 0 Å². The second-order valence-electron chi connectivity index (χ2n) is 7.79. The number of amides is 1. The molecule has 1 heterocycles. The van der Waals surface area contributed by atoms with Gasteiger partial charge in [0.25, 0.3) is 0 Å². The molecule has 2 aliphatic rings. The van der Waals surface area contributed by atoms with Gasteiger partial charge in [-0.25, -0.2) is 0 Å². The minimum atomic E-state index is -0.619. The van der Waals surface area contributed by atoms with E-state index in [0.717, 1.165) is 32.4 Å². The number of nitrogens with one attached hydrogen (secondary N) is 1. The normalized spacial score (nSPS) is 30.6. The number of morpholine rings is 1. The molecule has 0 radical (unpaired) electrons. The van der Waals surface area contributed by atoms with Gasteiger partial charge in [-0.1, -0.05) is 0 Å². The topological polar surface area (TPSA) is 67.6 Å². The Morgan fingerprint density at radius 2 is 2.14 bits per heavy atom. The van der Waals surface area contributed by atoms with Crippen LogP contribution >= 0.6 is 0 Å². The number of hydrogen-bond donors (Lipinski definition) is 2. The summed E-state index contributed by atoms with van der Waals surface area (Å²) in [5.41, 5.74) is 4.90. The largest absolute Gasteiger partial charge is 0.370 e. The predicted molar refractivity (Wildman–Crippen MR) is 84.0 cm³/mol. The van der Waals surface area contributed by atoms with Crippen LogP contribution in [0.4, 0.5) is 0 Å². The fourth-order valence-corrected chi connectivity index (χ4v) is 3.47. The highest BCUT2D eigenvalue weighted by Gasteiger charge is 2.41. The highest BCUT2D eigenvalue weighted by atomic mass is 16.5. The molecule has 0 spiro atoms. The molecule has 3 unspecified atom stereocenters. The number of carbonyl (C=O) groups is 1. The van der Waals surface area contributed by atoms with Crippen molar-refractivity contribution in [2.24, 2.45) is 5.73 Å². The Morgan fingerprint density at radius 1 is 1.52 bits per heavy atom. The van der Waals surface area contributed by atoms with Crippen LogP contribution < -0.4 is 11.1 Å². The smallest absolute Gasteiger partial charge is 0.237 e. The first-order chi connectivity index (χ1) is 9.61. The molecular weight excluding hydrogens is 266 g/mol. The number of nitrogens with zero attached hydrogens (tertiary/aromatic N) is 1. The summed E-state index contributed by atoms with van der Waals surface area (Å²) in [6, 6.07) is 0.758. The van der Waals surface area contributed by atoms with Crippen molar-refractivity contribution < 1.29 is 9.53 Å². The third-order valence-corrected chi connectivity index (χ3v) is 4.57. The van der Waals surface area contributed by atoms with Gasteiger partial charge in [0, 0.05) is 25.2 Å². The molecule has 1 aliphatic carbocycles. The van der Waals surface area contributed by atoms with Crippen molar-refractivity contribution in [1.82, 2.24) is 10.2 Å². The standard InChI is InChI=1S/C16H31N3O2/c1-11(19-9-12(2)21-15(3,4)10-19)8-16(5,14(17)20)18-13-6-7-13/h11-13,18H,6-10H2,1-5H3,(H2,17,20). The lowest BCUT2D eigenvalue weighted by atomic mass is 9.90. The summed E-state index contributed by atoms with van der Waals surface area (Å²) in [7, 11) is 0. The van der Waals surface area contributed by atoms with Gasteiger partial charge >= 0.3 is 0 Å². The number of hydrogen-bond acceptors (Lipinski definition) is 4. The molecule has 1 saturated heterocycles. The van der Waals surface area contributed by atoms with Gasteiger partial charge in [0.2, 0.25) is 5.91 Å². The number of primary amides is 1. The van der Waals surface area contributed by atoms with Crippen LogP contribution in [0.2, 0.25) is 0 Å². The summed E-state index contributed by atoms with van der Waals surface area (Å²) in [6.07, 6.45) is 3.26. The average Bonchev–Trinajstić information content (AvgIpc) is 3.09. The Labute approximate surface area is 128 Å². The van der Waals surface area contributed by atoms with Gasteiger partial charge < -0.3 is 15.8 Å². The predicted octanol–water partition coefficient (Wildman–Crippen LogP) is 1.26. The molecule has 0 aromatic rings. The number of nitrogens with two attached hydrogens (primary N) is 1. The lowest BCUT2D eigenvalue weighted by Gasteiger charge is -2.45. The summed E-state index contributed by atoms with van der Waals surface area (Å²) in [5, 5.41) is 3.44. The van der Waals surface area contributed by atoms with Crippen LogP contribution in [0.25, 0.3) is 0 Å². The summed E-state index contributed by atoms with van der Waals surface area (Å²) < 4.78 is 5.96. The van der Waals surface area contributed by atoms with Crippen LogP contribution in [-0.4, -0.2) is 53.2 Å². The molecule has 5 heteroatoms. The van der Waals surface area contributed by atoms with Crippen molar-refractivity contribution in [2.75, 3.05) is 13.1 Å². The molecule has 122 valence electrons. The zero-order valence-electron chi connectivity index (χ0n) is 14.1. The minimum absolute atomic E-state index is 0.140. The van der Waals surface area contributed by atoms with Crippen molar-refractivity contribution in [3.63, 3.8) is 0 Å². The molecule has 0 aromatic carbocycles. The fourth-order valence-electron chi connectivity index (χ4n) is 3.47. The van der Waals surface area contributed by atoms with Gasteiger partial charge in [0.15, 0.2) is 0 Å². The molecule has 3 atom stereocenters.